The second-order valence-electron chi connectivity index (χ2n) is 7.87. The Morgan fingerprint density at radius 3 is 2.17 bits per heavy atom. The van der Waals surface area contributed by atoms with E-state index in [1.807, 2.05) is 78.6 Å². The van der Waals surface area contributed by atoms with Crippen molar-refractivity contribution in [2.24, 2.45) is 5.92 Å². The fraction of sp³-hybridized carbons (Fsp3) is 0.231. The van der Waals surface area contributed by atoms with Crippen molar-refractivity contribution in [3.63, 3.8) is 0 Å². The summed E-state index contributed by atoms with van der Waals surface area (Å²) in [6.45, 7) is 3.21. The van der Waals surface area contributed by atoms with Crippen LogP contribution in [-0.2, 0) is 4.79 Å². The topological polar surface area (TPSA) is 49.4 Å². The number of anilines is 1. The Morgan fingerprint density at radius 2 is 1.50 bits per heavy atom. The number of likely N-dealkylation sites (tertiary alicyclic amines) is 1. The molecule has 4 heteroatoms. The first kappa shape index (κ1) is 19.9. The van der Waals surface area contributed by atoms with Crippen LogP contribution in [0.4, 0.5) is 5.69 Å². The lowest BCUT2D eigenvalue weighted by molar-refractivity contribution is -0.121. The standard InChI is InChI=1S/C26H26N2O2/c1-19-6-5-9-24(18-19)27-25(29)22-14-16-28(17-15-22)26(30)23-12-10-21(11-13-23)20-7-3-2-4-8-20/h2-13,18,22H,14-17H2,1H3,(H,27,29). The predicted octanol–water partition coefficient (Wildman–Crippen LogP) is 5.15. The molecule has 1 N–H and O–H groups in total. The van der Waals surface area contributed by atoms with Crippen LogP contribution in [0.15, 0.2) is 78.9 Å². The second-order valence-corrected chi connectivity index (χ2v) is 7.87. The molecule has 4 rings (SSSR count). The molecule has 3 aromatic carbocycles. The number of nitrogens with zero attached hydrogens (tertiary/aromatic N) is 1. The molecule has 1 fully saturated rings. The van der Waals surface area contributed by atoms with E-state index in [1.165, 1.54) is 0 Å². The summed E-state index contributed by atoms with van der Waals surface area (Å²) in [5.41, 5.74) is 4.87. The summed E-state index contributed by atoms with van der Waals surface area (Å²) in [4.78, 5) is 27.3. The summed E-state index contributed by atoms with van der Waals surface area (Å²) in [6.07, 6.45) is 1.37. The van der Waals surface area contributed by atoms with Gasteiger partial charge in [0.1, 0.15) is 0 Å². The number of amides is 2. The number of aryl methyl sites for hydroxylation is 1. The fourth-order valence-electron chi connectivity index (χ4n) is 3.93. The van der Waals surface area contributed by atoms with Gasteiger partial charge in [-0.05, 0) is 60.7 Å². The number of carbonyl (C=O) groups excluding carboxylic acids is 2. The molecule has 0 saturated carbocycles. The lowest BCUT2D eigenvalue weighted by Gasteiger charge is -2.31. The highest BCUT2D eigenvalue weighted by Gasteiger charge is 2.27. The summed E-state index contributed by atoms with van der Waals surface area (Å²) in [6, 6.07) is 25.7. The van der Waals surface area contributed by atoms with Crippen molar-refractivity contribution >= 4 is 17.5 Å². The third kappa shape index (κ3) is 4.60. The van der Waals surface area contributed by atoms with Gasteiger partial charge in [-0.1, -0.05) is 54.6 Å². The lowest BCUT2D eigenvalue weighted by atomic mass is 9.95. The molecule has 0 atom stereocenters. The molecular formula is C26H26N2O2. The van der Waals surface area contributed by atoms with E-state index in [2.05, 4.69) is 17.4 Å². The van der Waals surface area contributed by atoms with Gasteiger partial charge in [-0.25, -0.2) is 0 Å². The van der Waals surface area contributed by atoms with E-state index in [9.17, 15) is 9.59 Å². The first-order valence-corrected chi connectivity index (χ1v) is 10.4. The van der Waals surface area contributed by atoms with Crippen molar-refractivity contribution in [1.82, 2.24) is 4.90 Å². The highest BCUT2D eigenvalue weighted by atomic mass is 16.2. The number of hydrogen-bond donors (Lipinski definition) is 1. The Morgan fingerprint density at radius 1 is 0.833 bits per heavy atom. The highest BCUT2D eigenvalue weighted by Crippen LogP contribution is 2.23. The van der Waals surface area contributed by atoms with Crippen molar-refractivity contribution in [3.8, 4) is 11.1 Å². The number of hydrogen-bond acceptors (Lipinski definition) is 2. The zero-order valence-electron chi connectivity index (χ0n) is 17.2. The molecule has 0 aromatic heterocycles. The molecule has 0 radical (unpaired) electrons. The molecule has 1 heterocycles. The molecule has 2 amide bonds. The zero-order valence-corrected chi connectivity index (χ0v) is 17.2. The van der Waals surface area contributed by atoms with Gasteiger partial charge in [-0.3, -0.25) is 9.59 Å². The SMILES string of the molecule is Cc1cccc(NC(=O)C2CCN(C(=O)c3ccc(-c4ccccc4)cc3)CC2)c1. The van der Waals surface area contributed by atoms with Gasteiger partial charge >= 0.3 is 0 Å². The number of benzene rings is 3. The molecule has 4 nitrogen and oxygen atoms in total. The minimum atomic E-state index is -0.0602. The fourth-order valence-corrected chi connectivity index (χ4v) is 3.93. The van der Waals surface area contributed by atoms with Gasteiger partial charge in [0.05, 0.1) is 0 Å². The summed E-state index contributed by atoms with van der Waals surface area (Å²) in [5, 5.41) is 3.01. The van der Waals surface area contributed by atoms with Crippen molar-refractivity contribution in [3.05, 3.63) is 90.0 Å². The van der Waals surface area contributed by atoms with Gasteiger partial charge in [0.2, 0.25) is 5.91 Å². The number of piperidine rings is 1. The number of rotatable bonds is 4. The molecule has 1 aliphatic heterocycles. The van der Waals surface area contributed by atoms with Crippen molar-refractivity contribution in [2.75, 3.05) is 18.4 Å². The van der Waals surface area contributed by atoms with Gasteiger partial charge < -0.3 is 10.2 Å². The molecule has 0 bridgehead atoms. The van der Waals surface area contributed by atoms with Crippen LogP contribution in [0.3, 0.4) is 0 Å². The summed E-state index contributed by atoms with van der Waals surface area (Å²) in [7, 11) is 0. The van der Waals surface area contributed by atoms with Gasteiger partial charge in [-0.2, -0.15) is 0 Å². The van der Waals surface area contributed by atoms with Gasteiger partial charge in [-0.15, -0.1) is 0 Å². The maximum atomic E-state index is 12.9. The van der Waals surface area contributed by atoms with E-state index in [-0.39, 0.29) is 17.7 Å². The van der Waals surface area contributed by atoms with Crippen LogP contribution in [0.1, 0.15) is 28.8 Å². The molecule has 152 valence electrons. The zero-order chi connectivity index (χ0) is 20.9. The third-order valence-corrected chi connectivity index (χ3v) is 5.68. The summed E-state index contributed by atoms with van der Waals surface area (Å²) < 4.78 is 0. The van der Waals surface area contributed by atoms with Crippen LogP contribution in [0, 0.1) is 12.8 Å². The number of carbonyl (C=O) groups is 2. The molecule has 0 aliphatic carbocycles. The minimum absolute atomic E-state index is 0.0344. The average molecular weight is 399 g/mol. The number of nitrogens with one attached hydrogen (secondary N) is 1. The monoisotopic (exact) mass is 398 g/mol. The van der Waals surface area contributed by atoms with Crippen LogP contribution in [0.25, 0.3) is 11.1 Å². The Balaban J connectivity index is 1.33. The average Bonchev–Trinajstić information content (AvgIpc) is 2.79. The Bertz CT molecular complexity index is 1020. The maximum Gasteiger partial charge on any atom is 0.253 e. The first-order chi connectivity index (χ1) is 14.6. The molecule has 0 unspecified atom stereocenters. The maximum absolute atomic E-state index is 12.9. The van der Waals surface area contributed by atoms with Crippen LogP contribution < -0.4 is 5.32 Å². The van der Waals surface area contributed by atoms with E-state index in [0.717, 1.165) is 22.4 Å². The molecule has 1 saturated heterocycles. The normalized spacial score (nSPS) is 14.4. The lowest BCUT2D eigenvalue weighted by Crippen LogP contribution is -2.41. The second kappa shape index (κ2) is 8.95. The molecule has 1 aliphatic rings. The predicted molar refractivity (Wildman–Crippen MR) is 120 cm³/mol. The van der Waals surface area contributed by atoms with Crippen LogP contribution in [0.2, 0.25) is 0 Å². The Kier molecular flexibility index (Phi) is 5.94. The summed E-state index contributed by atoms with van der Waals surface area (Å²) in [5.74, 6) is 0.0158. The van der Waals surface area contributed by atoms with E-state index in [1.54, 1.807) is 0 Å². The molecule has 0 spiro atoms. The minimum Gasteiger partial charge on any atom is -0.339 e. The van der Waals surface area contributed by atoms with Crippen molar-refractivity contribution in [1.29, 1.82) is 0 Å². The molecule has 3 aromatic rings. The van der Waals surface area contributed by atoms with E-state index in [0.29, 0.717) is 31.5 Å². The van der Waals surface area contributed by atoms with E-state index >= 15 is 0 Å². The van der Waals surface area contributed by atoms with E-state index < -0.39 is 0 Å². The Hall–Kier alpha value is -3.40. The van der Waals surface area contributed by atoms with Gasteiger partial charge in [0, 0.05) is 30.3 Å². The third-order valence-electron chi connectivity index (χ3n) is 5.68. The smallest absolute Gasteiger partial charge is 0.253 e. The van der Waals surface area contributed by atoms with Crippen molar-refractivity contribution < 1.29 is 9.59 Å². The largest absolute Gasteiger partial charge is 0.339 e. The molecule has 30 heavy (non-hydrogen) atoms. The van der Waals surface area contributed by atoms with Crippen LogP contribution in [0.5, 0.6) is 0 Å². The Labute approximate surface area is 177 Å². The quantitative estimate of drug-likeness (QED) is 0.660. The van der Waals surface area contributed by atoms with Crippen LogP contribution >= 0.6 is 0 Å². The summed E-state index contributed by atoms with van der Waals surface area (Å²) >= 11 is 0. The van der Waals surface area contributed by atoms with E-state index in [4.69, 9.17) is 0 Å². The van der Waals surface area contributed by atoms with Gasteiger partial charge in [0.25, 0.3) is 5.91 Å². The van der Waals surface area contributed by atoms with Crippen molar-refractivity contribution in [2.45, 2.75) is 19.8 Å². The first-order valence-electron chi connectivity index (χ1n) is 10.4. The van der Waals surface area contributed by atoms with Crippen LogP contribution in [-0.4, -0.2) is 29.8 Å². The van der Waals surface area contributed by atoms with Gasteiger partial charge in [0.15, 0.2) is 0 Å². The highest BCUT2D eigenvalue weighted by molar-refractivity contribution is 5.95. The molecular weight excluding hydrogens is 372 g/mol.